The van der Waals surface area contributed by atoms with E-state index >= 15 is 0 Å². The second kappa shape index (κ2) is 45.4. The van der Waals surface area contributed by atoms with Crippen LogP contribution in [0.2, 0.25) is 0 Å². The highest BCUT2D eigenvalue weighted by Gasteiger charge is 2.50. The molecule has 6 N–H and O–H groups in total. The van der Waals surface area contributed by atoms with Crippen molar-refractivity contribution in [2.45, 2.75) is 314 Å². The third-order valence-corrected chi connectivity index (χ3v) is 13.8. The molecule has 1 heterocycles. The minimum absolute atomic E-state index is 0.0257. The second-order valence-electron chi connectivity index (χ2n) is 20.7. The van der Waals surface area contributed by atoms with Crippen LogP contribution in [0.5, 0.6) is 0 Å². The van der Waals surface area contributed by atoms with E-state index in [2.05, 4.69) is 31.4 Å². The number of nitrogens with one attached hydrogen (secondary N) is 2. The highest BCUT2D eigenvalue weighted by atomic mass is 16.7. The summed E-state index contributed by atoms with van der Waals surface area (Å²) in [5.41, 5.74) is 0. The number of carbonyl (C=O) groups is 7. The lowest BCUT2D eigenvalue weighted by atomic mass is 9.95. The summed E-state index contributed by atoms with van der Waals surface area (Å²) >= 11 is 0. The molecule has 1 aliphatic rings. The van der Waals surface area contributed by atoms with Gasteiger partial charge in [0.2, 0.25) is 11.8 Å². The van der Waals surface area contributed by atoms with Gasteiger partial charge < -0.3 is 50.0 Å². The fourth-order valence-corrected chi connectivity index (χ4v) is 9.41. The van der Waals surface area contributed by atoms with Crippen LogP contribution < -0.4 is 10.6 Å². The number of carbonyl (C=O) groups excluding carboxylic acids is 4. The van der Waals surface area contributed by atoms with Gasteiger partial charge in [-0.05, 0) is 19.3 Å². The number of hydrogen-bond donors (Lipinski definition) is 6. The normalized spacial score (nSPS) is 17.9. The lowest BCUT2D eigenvalue weighted by Crippen LogP contribution is -2.66. The fourth-order valence-electron chi connectivity index (χ4n) is 9.41. The molecule has 0 aromatic heterocycles. The summed E-state index contributed by atoms with van der Waals surface area (Å²) in [7, 11) is 0. The Morgan fingerprint density at radius 1 is 0.486 bits per heavy atom. The fraction of sp³-hybridized carbons (Fsp3) is 0.877. The predicted octanol–water partition coefficient (Wildman–Crippen LogP) is 11.4. The molecule has 0 spiro atoms. The maximum atomic E-state index is 13.6. The van der Waals surface area contributed by atoms with E-state index in [1.165, 1.54) is 109 Å². The van der Waals surface area contributed by atoms with Crippen LogP contribution in [0.25, 0.3) is 0 Å². The molecule has 2 amide bonds. The Bertz CT molecular complexity index is 1500. The number of amides is 2. The van der Waals surface area contributed by atoms with Crippen molar-refractivity contribution in [3.8, 4) is 0 Å². The Labute approximate surface area is 444 Å². The van der Waals surface area contributed by atoms with Crippen LogP contribution >= 0.6 is 0 Å². The molecule has 0 aromatic carbocycles. The van der Waals surface area contributed by atoms with Crippen molar-refractivity contribution in [2.24, 2.45) is 0 Å². The van der Waals surface area contributed by atoms with E-state index in [4.69, 9.17) is 18.9 Å². The minimum Gasteiger partial charge on any atom is -0.481 e. The largest absolute Gasteiger partial charge is 0.481 e. The highest BCUT2D eigenvalue weighted by Crippen LogP contribution is 2.29. The number of carboxylic acids is 3. The molecule has 0 aromatic rings. The van der Waals surface area contributed by atoms with Crippen molar-refractivity contribution >= 4 is 41.7 Å². The molecule has 74 heavy (non-hydrogen) atoms. The molecule has 1 unspecified atom stereocenters. The third-order valence-electron chi connectivity index (χ3n) is 13.8. The van der Waals surface area contributed by atoms with Gasteiger partial charge in [0.1, 0.15) is 30.9 Å². The number of esters is 2. The van der Waals surface area contributed by atoms with E-state index in [0.29, 0.717) is 19.3 Å². The summed E-state index contributed by atoms with van der Waals surface area (Å²) in [5, 5.41) is 46.1. The van der Waals surface area contributed by atoms with Crippen molar-refractivity contribution < 1.29 is 72.9 Å². The first-order chi connectivity index (χ1) is 35.7. The van der Waals surface area contributed by atoms with Gasteiger partial charge in [-0.3, -0.25) is 28.8 Å². The van der Waals surface area contributed by atoms with Crippen molar-refractivity contribution in [3.05, 3.63) is 0 Å². The Morgan fingerprint density at radius 2 is 0.851 bits per heavy atom. The first-order valence-corrected chi connectivity index (χ1v) is 29.3. The minimum atomic E-state index is -1.79. The highest BCUT2D eigenvalue weighted by molar-refractivity contribution is 5.87. The quantitative estimate of drug-likeness (QED) is 0.0244. The van der Waals surface area contributed by atoms with Crippen LogP contribution in [0.15, 0.2) is 0 Å². The van der Waals surface area contributed by atoms with Gasteiger partial charge in [-0.1, -0.05) is 213 Å². The first kappa shape index (κ1) is 68.2. The number of aliphatic hydroxyl groups excluding tert-OH is 1. The van der Waals surface area contributed by atoms with Crippen molar-refractivity contribution in [3.63, 3.8) is 0 Å². The number of rotatable bonds is 50. The van der Waals surface area contributed by atoms with E-state index in [-0.39, 0.29) is 19.3 Å². The van der Waals surface area contributed by atoms with Gasteiger partial charge in [0, 0.05) is 19.3 Å². The summed E-state index contributed by atoms with van der Waals surface area (Å²) in [6.45, 7) is 5.80. The Hall–Kier alpha value is -3.83. The Kier molecular flexibility index (Phi) is 41.8. The molecule has 430 valence electrons. The molecule has 17 nitrogen and oxygen atoms in total. The number of unbranched alkanes of at least 4 members (excludes halogenated alkanes) is 30. The van der Waals surface area contributed by atoms with Crippen molar-refractivity contribution in [2.75, 3.05) is 6.61 Å². The molecule has 0 saturated carbocycles. The number of aliphatic hydroxyl groups is 1. The van der Waals surface area contributed by atoms with E-state index in [1.54, 1.807) is 0 Å². The van der Waals surface area contributed by atoms with Gasteiger partial charge in [-0.15, -0.1) is 0 Å². The molecular formula is C57H102N2O15. The Morgan fingerprint density at radius 3 is 1.24 bits per heavy atom. The standard InChI is InChI=1S/C57H102N2O15/c1-4-7-10-13-16-19-22-25-28-31-34-37-47(60)58-45(42-51(66)67)56(70)71-43-46-54(69)55(74-52(68)39-36-33-30-27-24-21-18-15-12-9-6-3)53(57(73-46)72-44(40-49(62)63)41-50(64)65)59-48(61)38-35-32-29-26-23-20-17-14-11-8-5-2/h44-46,53-55,57,69H,4-43H2,1-3H3,(H,58,60)(H,59,61)(H,62,63)(H,64,65)(H,66,67)/t45?,46-,53-,54-,55-,57+/m1/s1. The first-order valence-electron chi connectivity index (χ1n) is 29.3. The van der Waals surface area contributed by atoms with Crippen LogP contribution in [0.3, 0.4) is 0 Å². The maximum Gasteiger partial charge on any atom is 0.329 e. The topological polar surface area (TPSA) is 261 Å². The zero-order valence-electron chi connectivity index (χ0n) is 46.1. The zero-order chi connectivity index (χ0) is 54.6. The summed E-state index contributed by atoms with van der Waals surface area (Å²) in [4.78, 5) is 89.2. The molecule has 1 aliphatic heterocycles. The molecular weight excluding hydrogens is 953 g/mol. The summed E-state index contributed by atoms with van der Waals surface area (Å²) < 4.78 is 23.4. The van der Waals surface area contributed by atoms with Crippen LogP contribution in [-0.4, -0.2) is 111 Å². The van der Waals surface area contributed by atoms with Crippen LogP contribution in [0.1, 0.15) is 271 Å². The predicted molar refractivity (Wildman–Crippen MR) is 284 cm³/mol. The van der Waals surface area contributed by atoms with Gasteiger partial charge in [0.15, 0.2) is 12.4 Å². The second-order valence-corrected chi connectivity index (χ2v) is 20.7. The van der Waals surface area contributed by atoms with Crippen LogP contribution in [0.4, 0.5) is 0 Å². The van der Waals surface area contributed by atoms with Crippen LogP contribution in [-0.2, 0) is 52.5 Å². The third kappa shape index (κ3) is 36.2. The zero-order valence-corrected chi connectivity index (χ0v) is 46.1. The lowest BCUT2D eigenvalue weighted by Gasteiger charge is -2.44. The Balaban J connectivity index is 3.18. The van der Waals surface area contributed by atoms with Gasteiger partial charge >= 0.3 is 29.8 Å². The lowest BCUT2D eigenvalue weighted by molar-refractivity contribution is -0.286. The maximum absolute atomic E-state index is 13.6. The molecule has 1 saturated heterocycles. The molecule has 1 rings (SSSR count). The van der Waals surface area contributed by atoms with Crippen LogP contribution in [0, 0.1) is 0 Å². The molecule has 0 radical (unpaired) electrons. The number of aliphatic carboxylic acids is 3. The summed E-state index contributed by atoms with van der Waals surface area (Å²) in [6.07, 6.45) is 24.7. The number of ether oxygens (including phenoxy) is 4. The average molecular weight is 1060 g/mol. The molecule has 1 fully saturated rings. The van der Waals surface area contributed by atoms with Gasteiger partial charge in [-0.25, -0.2) is 4.79 Å². The monoisotopic (exact) mass is 1050 g/mol. The van der Waals surface area contributed by atoms with Crippen molar-refractivity contribution in [1.82, 2.24) is 10.6 Å². The van der Waals surface area contributed by atoms with Crippen molar-refractivity contribution in [1.29, 1.82) is 0 Å². The summed E-state index contributed by atoms with van der Waals surface area (Å²) in [6, 6.07) is -3.06. The smallest absolute Gasteiger partial charge is 0.329 e. The molecule has 6 atom stereocenters. The SMILES string of the molecule is CCCCCCCCCCCCCC(=O)NC(CC(=O)O)C(=O)OC[C@H]1O[C@H](OC(CC(=O)O)CC(=O)O)[C@H](NC(=O)CCCCCCCCCCCCC)[C@@H](OC(=O)CCCCCCCCCCCCC)[C@@H]1O. The van der Waals surface area contributed by atoms with E-state index in [1.807, 2.05) is 0 Å². The van der Waals surface area contributed by atoms with E-state index in [9.17, 15) is 54.0 Å². The average Bonchev–Trinajstić information content (AvgIpc) is 3.34. The number of carboxylic acid groups (broad SMARTS) is 3. The number of hydrogen-bond acceptors (Lipinski definition) is 12. The van der Waals surface area contributed by atoms with Gasteiger partial charge in [0.05, 0.1) is 25.4 Å². The van der Waals surface area contributed by atoms with Gasteiger partial charge in [-0.2, -0.15) is 0 Å². The molecule has 0 bridgehead atoms. The van der Waals surface area contributed by atoms with Gasteiger partial charge in [0.25, 0.3) is 0 Å². The molecule has 17 heteroatoms. The van der Waals surface area contributed by atoms with E-state index < -0.39 is 110 Å². The summed E-state index contributed by atoms with van der Waals surface area (Å²) in [5.74, 6) is -7.05. The molecule has 0 aliphatic carbocycles. The van der Waals surface area contributed by atoms with E-state index in [0.717, 1.165) is 83.5 Å².